The Labute approximate surface area is 122 Å². The molecule has 2 fully saturated rings. The zero-order valence-corrected chi connectivity index (χ0v) is 12.9. The minimum atomic E-state index is -0.273. The summed E-state index contributed by atoms with van der Waals surface area (Å²) in [5.41, 5.74) is 0. The van der Waals surface area contributed by atoms with E-state index < -0.39 is 0 Å². The first kappa shape index (κ1) is 15.5. The zero-order chi connectivity index (χ0) is 14.5. The number of nitrogens with zero attached hydrogens (tertiary/aromatic N) is 1. The Morgan fingerprint density at radius 2 is 1.80 bits per heavy atom. The van der Waals surface area contributed by atoms with E-state index in [1.165, 1.54) is 6.42 Å². The Hall–Kier alpha value is -0.900. The summed E-state index contributed by atoms with van der Waals surface area (Å²) < 4.78 is 0. The zero-order valence-electron chi connectivity index (χ0n) is 12.9. The van der Waals surface area contributed by atoms with E-state index in [1.54, 1.807) is 4.90 Å². The van der Waals surface area contributed by atoms with Crippen molar-refractivity contribution in [2.24, 2.45) is 5.92 Å². The smallest absolute Gasteiger partial charge is 0.247 e. The number of hydrogen-bond acceptors (Lipinski definition) is 3. The van der Waals surface area contributed by atoms with Gasteiger partial charge in [0.15, 0.2) is 0 Å². The summed E-state index contributed by atoms with van der Waals surface area (Å²) in [7, 11) is 0. The fourth-order valence-electron chi connectivity index (χ4n) is 3.42. The molecule has 1 unspecified atom stereocenters. The van der Waals surface area contributed by atoms with Crippen molar-refractivity contribution in [1.29, 1.82) is 0 Å². The molecule has 1 aliphatic carbocycles. The normalized spacial score (nSPS) is 24.9. The quantitative estimate of drug-likeness (QED) is 0.760. The molecular formula is C16H28N2O2. The summed E-state index contributed by atoms with van der Waals surface area (Å²) >= 11 is 0. The first-order chi connectivity index (χ1) is 9.67. The molecule has 20 heavy (non-hydrogen) atoms. The van der Waals surface area contributed by atoms with Gasteiger partial charge in [-0.25, -0.2) is 0 Å². The van der Waals surface area contributed by atoms with Crippen LogP contribution in [-0.4, -0.2) is 35.3 Å². The van der Waals surface area contributed by atoms with Gasteiger partial charge in [-0.2, -0.15) is 0 Å². The van der Waals surface area contributed by atoms with E-state index in [1.807, 2.05) is 0 Å². The van der Waals surface area contributed by atoms with Crippen molar-refractivity contribution < 1.29 is 9.59 Å². The van der Waals surface area contributed by atoms with Gasteiger partial charge in [0, 0.05) is 6.04 Å². The summed E-state index contributed by atoms with van der Waals surface area (Å²) in [5, 5.41) is 3.32. The lowest BCUT2D eigenvalue weighted by Gasteiger charge is -2.29. The molecule has 4 heteroatoms. The maximum Gasteiger partial charge on any atom is 0.247 e. The molecule has 0 bridgehead atoms. The van der Waals surface area contributed by atoms with Gasteiger partial charge in [0.1, 0.15) is 0 Å². The number of rotatable bonds is 6. The molecule has 1 saturated carbocycles. The average Bonchev–Trinajstić information content (AvgIpc) is 2.75. The molecule has 1 aliphatic heterocycles. The van der Waals surface area contributed by atoms with Crippen molar-refractivity contribution in [3.8, 4) is 0 Å². The number of nitrogens with one attached hydrogen (secondary N) is 1. The van der Waals surface area contributed by atoms with Crippen molar-refractivity contribution >= 4 is 11.8 Å². The monoisotopic (exact) mass is 280 g/mol. The largest absolute Gasteiger partial charge is 0.305 e. The van der Waals surface area contributed by atoms with Gasteiger partial charge < -0.3 is 5.32 Å². The molecular weight excluding hydrogens is 252 g/mol. The molecule has 0 aromatic heterocycles. The molecule has 2 aliphatic rings. The van der Waals surface area contributed by atoms with Gasteiger partial charge in [-0.15, -0.1) is 0 Å². The summed E-state index contributed by atoms with van der Waals surface area (Å²) in [5.74, 6) is 0.651. The van der Waals surface area contributed by atoms with Crippen LogP contribution >= 0.6 is 0 Å². The second-order valence-electron chi connectivity index (χ2n) is 6.24. The van der Waals surface area contributed by atoms with E-state index >= 15 is 0 Å². The fourth-order valence-corrected chi connectivity index (χ4v) is 3.42. The molecule has 0 spiro atoms. The molecule has 2 amide bonds. The maximum atomic E-state index is 12.4. The molecule has 0 aromatic carbocycles. The van der Waals surface area contributed by atoms with E-state index in [-0.39, 0.29) is 23.9 Å². The second kappa shape index (κ2) is 7.21. The van der Waals surface area contributed by atoms with Crippen LogP contribution in [0.15, 0.2) is 0 Å². The van der Waals surface area contributed by atoms with E-state index in [0.29, 0.717) is 12.3 Å². The topological polar surface area (TPSA) is 49.4 Å². The highest BCUT2D eigenvalue weighted by Crippen LogP contribution is 2.27. The molecule has 4 nitrogen and oxygen atoms in total. The van der Waals surface area contributed by atoms with Crippen LogP contribution in [0.3, 0.4) is 0 Å². The third-order valence-electron chi connectivity index (χ3n) is 4.93. The Bertz CT molecular complexity index is 346. The molecule has 114 valence electrons. The third kappa shape index (κ3) is 3.40. The number of imide groups is 1. The van der Waals surface area contributed by atoms with Crippen LogP contribution in [0.2, 0.25) is 0 Å². The Morgan fingerprint density at radius 3 is 2.40 bits per heavy atom. The van der Waals surface area contributed by atoms with Crippen LogP contribution < -0.4 is 5.32 Å². The fraction of sp³-hybridized carbons (Fsp3) is 0.875. The molecule has 1 heterocycles. The summed E-state index contributed by atoms with van der Waals surface area (Å²) in [4.78, 5) is 26.2. The van der Waals surface area contributed by atoms with Gasteiger partial charge in [0.05, 0.1) is 12.5 Å². The van der Waals surface area contributed by atoms with Gasteiger partial charge in [0.25, 0.3) is 0 Å². The standard InChI is InChI=1S/C16H28N2O2/c1-3-12(4-2)11-17-14-10-15(19)18(16(14)20)13-8-6-5-7-9-13/h12-14,17H,3-11H2,1-2H3. The molecule has 1 N–H and O–H groups in total. The van der Waals surface area contributed by atoms with Crippen LogP contribution in [0.1, 0.15) is 65.2 Å². The van der Waals surface area contributed by atoms with Gasteiger partial charge >= 0.3 is 0 Å². The minimum absolute atomic E-state index is 0.0212. The Balaban J connectivity index is 1.90. The van der Waals surface area contributed by atoms with Crippen molar-refractivity contribution in [2.45, 2.75) is 77.3 Å². The van der Waals surface area contributed by atoms with Gasteiger partial charge in [-0.3, -0.25) is 14.5 Å². The summed E-state index contributed by atoms with van der Waals surface area (Å²) in [6.07, 6.45) is 8.11. The van der Waals surface area contributed by atoms with E-state index in [2.05, 4.69) is 19.2 Å². The molecule has 1 saturated heterocycles. The number of carbonyl (C=O) groups is 2. The number of amides is 2. The summed E-state index contributed by atoms with van der Waals surface area (Å²) in [6.45, 7) is 5.19. The van der Waals surface area contributed by atoms with E-state index in [0.717, 1.165) is 45.1 Å². The Kier molecular flexibility index (Phi) is 5.58. The van der Waals surface area contributed by atoms with E-state index in [4.69, 9.17) is 0 Å². The number of hydrogen-bond donors (Lipinski definition) is 1. The molecule has 0 aromatic rings. The number of carbonyl (C=O) groups excluding carboxylic acids is 2. The third-order valence-corrected chi connectivity index (χ3v) is 4.93. The van der Waals surface area contributed by atoms with Crippen LogP contribution in [0.5, 0.6) is 0 Å². The predicted octanol–water partition coefficient (Wildman–Crippen LogP) is 2.47. The van der Waals surface area contributed by atoms with Gasteiger partial charge in [-0.05, 0) is 25.3 Å². The molecule has 2 rings (SSSR count). The lowest BCUT2D eigenvalue weighted by Crippen LogP contribution is -2.45. The lowest BCUT2D eigenvalue weighted by molar-refractivity contribution is -0.142. The maximum absolute atomic E-state index is 12.4. The highest BCUT2D eigenvalue weighted by molar-refractivity contribution is 6.05. The molecule has 0 radical (unpaired) electrons. The Morgan fingerprint density at radius 1 is 1.15 bits per heavy atom. The number of likely N-dealkylation sites (tertiary alicyclic amines) is 1. The average molecular weight is 280 g/mol. The summed E-state index contributed by atoms with van der Waals surface area (Å²) in [6, 6.07) is -0.103. The van der Waals surface area contributed by atoms with Crippen molar-refractivity contribution in [3.63, 3.8) is 0 Å². The van der Waals surface area contributed by atoms with Crippen molar-refractivity contribution in [3.05, 3.63) is 0 Å². The van der Waals surface area contributed by atoms with Crippen molar-refractivity contribution in [1.82, 2.24) is 10.2 Å². The highest BCUT2D eigenvalue weighted by Gasteiger charge is 2.42. The molecule has 1 atom stereocenters. The van der Waals surface area contributed by atoms with Crippen LogP contribution in [0.25, 0.3) is 0 Å². The van der Waals surface area contributed by atoms with E-state index in [9.17, 15) is 9.59 Å². The minimum Gasteiger partial charge on any atom is -0.305 e. The SMILES string of the molecule is CCC(CC)CNC1CC(=O)N(C2CCCCC2)C1=O. The van der Waals surface area contributed by atoms with Crippen molar-refractivity contribution in [2.75, 3.05) is 6.54 Å². The first-order valence-electron chi connectivity index (χ1n) is 8.26. The second-order valence-corrected chi connectivity index (χ2v) is 6.24. The first-order valence-corrected chi connectivity index (χ1v) is 8.26. The van der Waals surface area contributed by atoms with Gasteiger partial charge in [-0.1, -0.05) is 46.0 Å². The van der Waals surface area contributed by atoms with Crippen LogP contribution in [-0.2, 0) is 9.59 Å². The lowest BCUT2D eigenvalue weighted by atomic mass is 9.94. The van der Waals surface area contributed by atoms with Crippen LogP contribution in [0, 0.1) is 5.92 Å². The van der Waals surface area contributed by atoms with Gasteiger partial charge in [0.2, 0.25) is 11.8 Å². The van der Waals surface area contributed by atoms with Crippen LogP contribution in [0.4, 0.5) is 0 Å². The highest BCUT2D eigenvalue weighted by atomic mass is 16.2. The predicted molar refractivity (Wildman–Crippen MR) is 79.2 cm³/mol.